The first kappa shape index (κ1) is 19.9. The van der Waals surface area contributed by atoms with Gasteiger partial charge in [-0.3, -0.25) is 9.67 Å². The molecule has 1 unspecified atom stereocenters. The number of hydrogen-bond donors (Lipinski definition) is 2. The Labute approximate surface area is 180 Å². The molecule has 1 aromatic carbocycles. The molecule has 0 spiro atoms. The van der Waals surface area contributed by atoms with Crippen LogP contribution in [-0.2, 0) is 7.05 Å². The number of nitrogens with zero attached hydrogens (tertiary/aromatic N) is 5. The second-order valence-corrected chi connectivity index (χ2v) is 8.63. The molecule has 7 nitrogen and oxygen atoms in total. The number of aromatic nitrogens is 4. The maximum atomic E-state index is 15.0. The first-order chi connectivity index (χ1) is 15.0. The number of benzene rings is 1. The van der Waals surface area contributed by atoms with Crippen LogP contribution in [-0.4, -0.2) is 56.2 Å². The minimum atomic E-state index is -0.925. The van der Waals surface area contributed by atoms with Gasteiger partial charge in [0.25, 0.3) is 0 Å². The molecule has 2 saturated heterocycles. The Hall–Kier alpha value is -3.00. The number of anilines is 1. The lowest BCUT2D eigenvalue weighted by Crippen LogP contribution is -2.61. The van der Waals surface area contributed by atoms with E-state index >= 15 is 4.39 Å². The summed E-state index contributed by atoms with van der Waals surface area (Å²) in [6, 6.07) is 7.40. The number of piperidine rings is 2. The van der Waals surface area contributed by atoms with Crippen LogP contribution in [0.15, 0.2) is 42.9 Å². The van der Waals surface area contributed by atoms with E-state index in [1.807, 2.05) is 43.4 Å². The Balaban J connectivity index is 1.35. The minimum absolute atomic E-state index is 0.0678. The number of hydrogen-bond acceptors (Lipinski definition) is 6. The lowest BCUT2D eigenvalue weighted by Gasteiger charge is -2.46. The maximum Gasteiger partial charge on any atom is 0.147 e. The van der Waals surface area contributed by atoms with Crippen LogP contribution < -0.4 is 10.2 Å². The molecule has 2 aliphatic rings. The van der Waals surface area contributed by atoms with Gasteiger partial charge in [0, 0.05) is 43.5 Å². The molecule has 4 heterocycles. The molecule has 2 aliphatic heterocycles. The smallest absolute Gasteiger partial charge is 0.147 e. The van der Waals surface area contributed by atoms with Crippen LogP contribution >= 0.6 is 0 Å². The van der Waals surface area contributed by atoms with Gasteiger partial charge in [-0.15, -0.1) is 0 Å². The summed E-state index contributed by atoms with van der Waals surface area (Å²) < 4.78 is 16.8. The Morgan fingerprint density at radius 1 is 1.16 bits per heavy atom. The molecule has 3 aromatic rings. The predicted molar refractivity (Wildman–Crippen MR) is 118 cm³/mol. The van der Waals surface area contributed by atoms with Gasteiger partial charge < -0.3 is 15.3 Å². The molecule has 31 heavy (non-hydrogen) atoms. The van der Waals surface area contributed by atoms with Crippen molar-refractivity contribution in [3.05, 3.63) is 42.9 Å². The van der Waals surface area contributed by atoms with Gasteiger partial charge in [0.05, 0.1) is 29.8 Å². The van der Waals surface area contributed by atoms with Gasteiger partial charge in [0.15, 0.2) is 0 Å². The number of phenolic OH excluding ortho intramolecular Hbond substituents is 1. The molecule has 5 rings (SSSR count). The molecule has 0 aliphatic carbocycles. The molecule has 162 valence electrons. The van der Waals surface area contributed by atoms with Crippen LogP contribution in [0.1, 0.15) is 25.7 Å². The fourth-order valence-corrected chi connectivity index (χ4v) is 4.84. The van der Waals surface area contributed by atoms with Gasteiger partial charge in [-0.25, -0.2) is 9.37 Å². The standard InChI is InChI=1S/C23H27FN6O/c1-29-9-8-17(28-29)14-6-7-16(21(31)10-14)19-12-26-22(13-25-19)30(2)20-11-15-4-3-5-18(27-15)23(20)24/h6-10,12-13,15,18,20,23,27,31H,3-5,11H2,1-2H3/t15?,18-,20+,23-/m0/s1. The van der Waals surface area contributed by atoms with Gasteiger partial charge in [-0.05, 0) is 37.5 Å². The van der Waals surface area contributed by atoms with Gasteiger partial charge in [0.2, 0.25) is 0 Å². The quantitative estimate of drug-likeness (QED) is 0.672. The van der Waals surface area contributed by atoms with Crippen LogP contribution in [0.5, 0.6) is 5.75 Å². The molecule has 0 saturated carbocycles. The van der Waals surface area contributed by atoms with Gasteiger partial charge in [-0.1, -0.05) is 12.5 Å². The summed E-state index contributed by atoms with van der Waals surface area (Å²) in [6.45, 7) is 0. The van der Waals surface area contributed by atoms with Crippen molar-refractivity contribution in [2.75, 3.05) is 11.9 Å². The summed E-state index contributed by atoms with van der Waals surface area (Å²) in [7, 11) is 3.74. The summed E-state index contributed by atoms with van der Waals surface area (Å²) in [6.07, 6.45) is 8.09. The van der Waals surface area contributed by atoms with E-state index in [-0.39, 0.29) is 17.8 Å². The van der Waals surface area contributed by atoms with E-state index in [4.69, 9.17) is 0 Å². The predicted octanol–water partition coefficient (Wildman–Crippen LogP) is 3.31. The number of fused-ring (bicyclic) bond motifs is 2. The van der Waals surface area contributed by atoms with Crippen molar-refractivity contribution < 1.29 is 9.50 Å². The van der Waals surface area contributed by atoms with Crippen LogP contribution in [0.4, 0.5) is 10.2 Å². The highest BCUT2D eigenvalue weighted by Crippen LogP contribution is 2.34. The molecular formula is C23H27FN6O. The fraction of sp³-hybridized carbons (Fsp3) is 0.435. The summed E-state index contributed by atoms with van der Waals surface area (Å²) in [5, 5.41) is 18.3. The Morgan fingerprint density at radius 3 is 2.74 bits per heavy atom. The zero-order chi connectivity index (χ0) is 21.5. The van der Waals surface area contributed by atoms with Gasteiger partial charge in [0.1, 0.15) is 17.7 Å². The van der Waals surface area contributed by atoms with E-state index in [0.29, 0.717) is 23.1 Å². The average Bonchev–Trinajstić information content (AvgIpc) is 3.22. The third-order valence-corrected chi connectivity index (χ3v) is 6.58. The zero-order valence-corrected chi connectivity index (χ0v) is 17.7. The zero-order valence-electron chi connectivity index (χ0n) is 17.7. The molecule has 0 amide bonds. The molecular weight excluding hydrogens is 395 g/mol. The summed E-state index contributed by atoms with van der Waals surface area (Å²) in [4.78, 5) is 11.0. The Bertz CT molecular complexity index is 1070. The number of halogens is 1. The molecule has 2 aromatic heterocycles. The Morgan fingerprint density at radius 2 is 2.03 bits per heavy atom. The molecule has 2 N–H and O–H groups in total. The van der Waals surface area contributed by atoms with Gasteiger partial charge in [-0.2, -0.15) is 5.10 Å². The fourth-order valence-electron chi connectivity index (χ4n) is 4.84. The van der Waals surface area contributed by atoms with Crippen LogP contribution in [0.25, 0.3) is 22.5 Å². The second kappa shape index (κ2) is 7.92. The Kier molecular flexibility index (Phi) is 5.09. The molecule has 4 atom stereocenters. The first-order valence-corrected chi connectivity index (χ1v) is 10.8. The van der Waals surface area contributed by atoms with Crippen molar-refractivity contribution in [2.24, 2.45) is 7.05 Å². The van der Waals surface area contributed by atoms with Crippen LogP contribution in [0, 0.1) is 0 Å². The third-order valence-electron chi connectivity index (χ3n) is 6.58. The highest BCUT2D eigenvalue weighted by atomic mass is 19.1. The molecule has 2 bridgehead atoms. The lowest BCUT2D eigenvalue weighted by molar-refractivity contribution is 0.107. The van der Waals surface area contributed by atoms with Crippen molar-refractivity contribution in [1.29, 1.82) is 0 Å². The van der Waals surface area contributed by atoms with E-state index in [9.17, 15) is 5.11 Å². The van der Waals surface area contributed by atoms with Crippen molar-refractivity contribution >= 4 is 5.82 Å². The number of aromatic hydroxyl groups is 1. The van der Waals surface area contributed by atoms with Crippen molar-refractivity contribution in [2.45, 2.75) is 50.0 Å². The number of alkyl halides is 1. The number of rotatable bonds is 4. The summed E-state index contributed by atoms with van der Waals surface area (Å²) in [5.41, 5.74) is 2.79. The van der Waals surface area contributed by atoms with E-state index in [1.54, 1.807) is 23.1 Å². The number of nitrogens with one attached hydrogen (secondary N) is 1. The second-order valence-electron chi connectivity index (χ2n) is 8.63. The third kappa shape index (κ3) is 3.76. The van der Waals surface area contributed by atoms with E-state index in [1.165, 1.54) is 0 Å². The highest BCUT2D eigenvalue weighted by Gasteiger charge is 2.41. The van der Waals surface area contributed by atoms with Crippen molar-refractivity contribution in [1.82, 2.24) is 25.1 Å². The van der Waals surface area contributed by atoms with E-state index in [0.717, 1.165) is 36.9 Å². The SMILES string of the molecule is CN(c1cnc(-c2ccc(-c3ccn(C)n3)cc2O)cn1)[C@@H]1CC2CCC[C@H](N2)[C@@H]1F. The van der Waals surface area contributed by atoms with Crippen LogP contribution in [0.2, 0.25) is 0 Å². The molecule has 2 fully saturated rings. The normalized spacial score (nSPS) is 25.4. The number of aryl methyl sites for hydroxylation is 1. The average molecular weight is 423 g/mol. The monoisotopic (exact) mass is 422 g/mol. The maximum absolute atomic E-state index is 15.0. The van der Waals surface area contributed by atoms with E-state index < -0.39 is 6.17 Å². The largest absolute Gasteiger partial charge is 0.507 e. The van der Waals surface area contributed by atoms with Gasteiger partial charge >= 0.3 is 0 Å². The van der Waals surface area contributed by atoms with Crippen molar-refractivity contribution in [3.63, 3.8) is 0 Å². The van der Waals surface area contributed by atoms with Crippen LogP contribution in [0.3, 0.4) is 0 Å². The number of phenols is 1. The molecule has 8 heteroatoms. The summed E-state index contributed by atoms with van der Waals surface area (Å²) >= 11 is 0. The summed E-state index contributed by atoms with van der Waals surface area (Å²) in [5.74, 6) is 0.759. The highest BCUT2D eigenvalue weighted by molar-refractivity contribution is 5.72. The molecule has 0 radical (unpaired) electrons. The lowest BCUT2D eigenvalue weighted by atomic mass is 9.82. The minimum Gasteiger partial charge on any atom is -0.507 e. The van der Waals surface area contributed by atoms with E-state index in [2.05, 4.69) is 20.4 Å². The first-order valence-electron chi connectivity index (χ1n) is 10.8. The van der Waals surface area contributed by atoms with Crippen molar-refractivity contribution in [3.8, 4) is 28.3 Å². The topological polar surface area (TPSA) is 79.1 Å².